The summed E-state index contributed by atoms with van der Waals surface area (Å²) in [5.74, 6) is 0.699. The number of carbonyl (C=O) groups is 1. The summed E-state index contributed by atoms with van der Waals surface area (Å²) in [5, 5.41) is 9.24. The van der Waals surface area contributed by atoms with Gasteiger partial charge in [-0.2, -0.15) is 0 Å². The number of imidazole rings is 1. The Bertz CT molecular complexity index is 1150. The minimum Gasteiger partial charge on any atom is -0.492 e. The molecular formula is C19H21ClN4O4S2. The normalized spacial score (nSPS) is 11.6. The van der Waals surface area contributed by atoms with E-state index >= 15 is 0 Å². The van der Waals surface area contributed by atoms with Crippen LogP contribution in [0.1, 0.15) is 6.92 Å². The van der Waals surface area contributed by atoms with Gasteiger partial charge < -0.3 is 14.6 Å². The van der Waals surface area contributed by atoms with Gasteiger partial charge in [0.1, 0.15) is 12.4 Å². The number of hydrogen-bond donors (Lipinski definition) is 2. The molecule has 0 bridgehead atoms. The van der Waals surface area contributed by atoms with Gasteiger partial charge >= 0.3 is 0 Å². The molecule has 3 aromatic rings. The van der Waals surface area contributed by atoms with Gasteiger partial charge in [-0.25, -0.2) is 18.5 Å². The van der Waals surface area contributed by atoms with Crippen molar-refractivity contribution in [2.45, 2.75) is 23.5 Å². The van der Waals surface area contributed by atoms with E-state index in [0.29, 0.717) is 41.1 Å². The average Bonchev–Trinajstić information content (AvgIpc) is 3.07. The maximum absolute atomic E-state index is 12.1. The van der Waals surface area contributed by atoms with E-state index in [1.807, 2.05) is 11.5 Å². The van der Waals surface area contributed by atoms with E-state index in [2.05, 4.69) is 10.3 Å². The van der Waals surface area contributed by atoms with E-state index in [9.17, 15) is 13.2 Å². The molecule has 1 aromatic heterocycles. The molecule has 160 valence electrons. The zero-order chi connectivity index (χ0) is 21.7. The monoisotopic (exact) mass is 468 g/mol. The molecule has 0 aliphatic heterocycles. The van der Waals surface area contributed by atoms with E-state index in [1.165, 1.54) is 23.9 Å². The molecule has 0 radical (unpaired) electrons. The standard InChI is InChI=1S/C19H21ClN4O4S2/c1-2-24-17-8-7-15(30(21,26)27)11-16(17)23-19(24)29-12-18(25)22-9-10-28-14-5-3-13(20)4-6-14/h3-8,11H,2,9-10,12H2,1H3,(H,22,25)(H2,21,26,27). The van der Waals surface area contributed by atoms with Crippen molar-refractivity contribution in [1.82, 2.24) is 14.9 Å². The van der Waals surface area contributed by atoms with Crippen molar-refractivity contribution in [2.24, 2.45) is 5.14 Å². The molecule has 1 heterocycles. The van der Waals surface area contributed by atoms with Gasteiger partial charge in [-0.3, -0.25) is 4.79 Å². The predicted octanol–water partition coefficient (Wildman–Crippen LogP) is 2.64. The van der Waals surface area contributed by atoms with Gasteiger partial charge in [0.15, 0.2) is 5.16 Å². The summed E-state index contributed by atoms with van der Waals surface area (Å²) in [6.45, 7) is 3.28. The fourth-order valence-electron chi connectivity index (χ4n) is 2.75. The fourth-order valence-corrected chi connectivity index (χ4v) is 4.32. The molecule has 0 saturated carbocycles. The lowest BCUT2D eigenvalue weighted by Crippen LogP contribution is -2.29. The summed E-state index contributed by atoms with van der Waals surface area (Å²) < 4.78 is 30.6. The molecule has 0 aliphatic rings. The van der Waals surface area contributed by atoms with E-state index in [1.54, 1.807) is 30.3 Å². The number of sulfonamides is 1. The number of carbonyl (C=O) groups excluding carboxylic acids is 1. The second kappa shape index (κ2) is 9.69. The van der Waals surface area contributed by atoms with Crippen LogP contribution in [0.25, 0.3) is 11.0 Å². The summed E-state index contributed by atoms with van der Waals surface area (Å²) in [6, 6.07) is 11.6. The first kappa shape index (κ1) is 22.4. The number of nitrogens with one attached hydrogen (secondary N) is 1. The average molecular weight is 469 g/mol. The lowest BCUT2D eigenvalue weighted by molar-refractivity contribution is -0.118. The van der Waals surface area contributed by atoms with Gasteiger partial charge in [0.2, 0.25) is 15.9 Å². The SMILES string of the molecule is CCn1c(SCC(=O)NCCOc2ccc(Cl)cc2)nc2cc(S(N)(=O)=O)ccc21. The Balaban J connectivity index is 1.55. The Hall–Kier alpha value is -2.27. The van der Waals surface area contributed by atoms with Crippen LogP contribution in [0.15, 0.2) is 52.5 Å². The van der Waals surface area contributed by atoms with Crippen LogP contribution < -0.4 is 15.2 Å². The van der Waals surface area contributed by atoms with Crippen molar-refractivity contribution in [2.75, 3.05) is 18.9 Å². The molecule has 0 fully saturated rings. The molecule has 8 nitrogen and oxygen atoms in total. The van der Waals surface area contributed by atoms with Crippen LogP contribution in [-0.4, -0.2) is 42.8 Å². The third-order valence-electron chi connectivity index (χ3n) is 4.17. The second-order valence-electron chi connectivity index (χ2n) is 6.28. The predicted molar refractivity (Wildman–Crippen MR) is 117 cm³/mol. The number of primary sulfonamides is 1. The zero-order valence-corrected chi connectivity index (χ0v) is 18.6. The molecule has 0 aliphatic carbocycles. The summed E-state index contributed by atoms with van der Waals surface area (Å²) in [7, 11) is -3.80. The van der Waals surface area contributed by atoms with Crippen molar-refractivity contribution < 1.29 is 17.9 Å². The van der Waals surface area contributed by atoms with Crippen LogP contribution in [0.3, 0.4) is 0 Å². The number of ether oxygens (including phenoxy) is 1. The molecule has 30 heavy (non-hydrogen) atoms. The molecule has 0 spiro atoms. The van der Waals surface area contributed by atoms with Crippen LogP contribution in [0, 0.1) is 0 Å². The topological polar surface area (TPSA) is 116 Å². The number of halogens is 1. The van der Waals surface area contributed by atoms with E-state index < -0.39 is 10.0 Å². The lowest BCUT2D eigenvalue weighted by atomic mass is 10.3. The molecule has 11 heteroatoms. The van der Waals surface area contributed by atoms with Crippen molar-refractivity contribution in [3.63, 3.8) is 0 Å². The van der Waals surface area contributed by atoms with Crippen molar-refractivity contribution in [3.05, 3.63) is 47.5 Å². The first-order valence-electron chi connectivity index (χ1n) is 9.09. The highest BCUT2D eigenvalue weighted by Crippen LogP contribution is 2.25. The van der Waals surface area contributed by atoms with Gasteiger partial charge in [0.05, 0.1) is 28.2 Å². The Labute approximate surface area is 183 Å². The minimum absolute atomic E-state index is 0.00531. The Morgan fingerprint density at radius 3 is 2.67 bits per heavy atom. The number of nitrogens with zero attached hydrogens (tertiary/aromatic N) is 2. The fraction of sp³-hybridized carbons (Fsp3) is 0.263. The maximum Gasteiger partial charge on any atom is 0.238 e. The second-order valence-corrected chi connectivity index (χ2v) is 9.22. The summed E-state index contributed by atoms with van der Waals surface area (Å²) in [5.41, 5.74) is 1.30. The molecule has 2 aromatic carbocycles. The molecule has 3 N–H and O–H groups in total. The third-order valence-corrected chi connectivity index (χ3v) is 6.31. The summed E-state index contributed by atoms with van der Waals surface area (Å²) in [6.07, 6.45) is 0. The van der Waals surface area contributed by atoms with Crippen LogP contribution in [0.4, 0.5) is 0 Å². The van der Waals surface area contributed by atoms with Gasteiger partial charge in [0, 0.05) is 11.6 Å². The maximum atomic E-state index is 12.1. The van der Waals surface area contributed by atoms with Crippen molar-refractivity contribution in [1.29, 1.82) is 0 Å². The first-order valence-corrected chi connectivity index (χ1v) is 12.0. The third kappa shape index (κ3) is 5.66. The van der Waals surface area contributed by atoms with Crippen LogP contribution in [-0.2, 0) is 21.4 Å². The highest BCUT2D eigenvalue weighted by molar-refractivity contribution is 7.99. The largest absolute Gasteiger partial charge is 0.492 e. The number of amides is 1. The number of nitrogens with two attached hydrogens (primary N) is 1. The Morgan fingerprint density at radius 1 is 1.27 bits per heavy atom. The Morgan fingerprint density at radius 2 is 2.00 bits per heavy atom. The van der Waals surface area contributed by atoms with Crippen LogP contribution in [0.2, 0.25) is 5.02 Å². The molecular weight excluding hydrogens is 448 g/mol. The number of aromatic nitrogens is 2. The van der Waals surface area contributed by atoms with E-state index in [0.717, 1.165) is 5.52 Å². The zero-order valence-electron chi connectivity index (χ0n) is 16.2. The first-order chi connectivity index (χ1) is 14.3. The highest BCUT2D eigenvalue weighted by atomic mass is 35.5. The molecule has 0 saturated heterocycles. The van der Waals surface area contributed by atoms with Gasteiger partial charge in [-0.05, 0) is 49.4 Å². The molecule has 0 atom stereocenters. The van der Waals surface area contributed by atoms with Crippen LogP contribution >= 0.6 is 23.4 Å². The van der Waals surface area contributed by atoms with Crippen molar-refractivity contribution >= 4 is 50.3 Å². The molecule has 3 rings (SSSR count). The quantitative estimate of drug-likeness (QED) is 0.368. The highest BCUT2D eigenvalue weighted by Gasteiger charge is 2.15. The number of benzene rings is 2. The number of fused-ring (bicyclic) bond motifs is 1. The minimum atomic E-state index is -3.80. The number of rotatable bonds is 9. The van der Waals surface area contributed by atoms with E-state index in [-0.39, 0.29) is 16.6 Å². The van der Waals surface area contributed by atoms with Crippen LogP contribution in [0.5, 0.6) is 5.75 Å². The smallest absolute Gasteiger partial charge is 0.238 e. The molecule has 0 unspecified atom stereocenters. The van der Waals surface area contributed by atoms with E-state index in [4.69, 9.17) is 21.5 Å². The molecule has 1 amide bonds. The Kier molecular flexibility index (Phi) is 7.24. The van der Waals surface area contributed by atoms with Gasteiger partial charge in [-0.1, -0.05) is 23.4 Å². The van der Waals surface area contributed by atoms with Gasteiger partial charge in [0.25, 0.3) is 0 Å². The number of thioether (sulfide) groups is 1. The summed E-state index contributed by atoms with van der Waals surface area (Å²) >= 11 is 7.10. The number of aryl methyl sites for hydroxylation is 1. The lowest BCUT2D eigenvalue weighted by Gasteiger charge is -2.08. The summed E-state index contributed by atoms with van der Waals surface area (Å²) in [4.78, 5) is 16.6. The van der Waals surface area contributed by atoms with Gasteiger partial charge in [-0.15, -0.1) is 0 Å². The van der Waals surface area contributed by atoms with Crippen molar-refractivity contribution in [3.8, 4) is 5.75 Å². The number of hydrogen-bond acceptors (Lipinski definition) is 6.